The zero-order chi connectivity index (χ0) is 8.65. The number of likely N-dealkylation sites (tertiary alicyclic amines) is 1. The molecule has 11 heavy (non-hydrogen) atoms. The second-order valence-electron chi connectivity index (χ2n) is 2.21. The Morgan fingerprint density at radius 2 is 2.09 bits per heavy atom. The van der Waals surface area contributed by atoms with Crippen LogP contribution in [0.3, 0.4) is 0 Å². The smallest absolute Gasteiger partial charge is 0.273 e. The van der Waals surface area contributed by atoms with Gasteiger partial charge < -0.3 is 0 Å². The van der Waals surface area contributed by atoms with E-state index in [1.807, 2.05) is 0 Å². The molecular weight excluding hydrogens is 227 g/mol. The summed E-state index contributed by atoms with van der Waals surface area (Å²) in [5.41, 5.74) is 0. The van der Waals surface area contributed by atoms with Crippen LogP contribution in [0.5, 0.6) is 0 Å². The predicted molar refractivity (Wildman–Crippen MR) is 35.1 cm³/mol. The Hall–Kier alpha value is -0.260. The van der Waals surface area contributed by atoms with Crippen LogP contribution < -0.4 is 0 Å². The standard InChI is InChI=1S/C5H5BrF3NO/c6-3-1-2-10(4(3)11)5(7,8)9/h3H,1-2H2. The minimum atomic E-state index is -4.51. The van der Waals surface area contributed by atoms with E-state index in [9.17, 15) is 18.0 Å². The van der Waals surface area contributed by atoms with Crippen molar-refractivity contribution in [2.24, 2.45) is 0 Å². The summed E-state index contributed by atoms with van der Waals surface area (Å²) >= 11 is 2.85. The maximum absolute atomic E-state index is 11.9. The fourth-order valence-corrected chi connectivity index (χ4v) is 1.35. The van der Waals surface area contributed by atoms with E-state index in [-0.39, 0.29) is 17.9 Å². The lowest BCUT2D eigenvalue weighted by molar-refractivity contribution is -0.234. The van der Waals surface area contributed by atoms with Gasteiger partial charge in [0.25, 0.3) is 0 Å². The van der Waals surface area contributed by atoms with E-state index in [1.54, 1.807) is 0 Å². The van der Waals surface area contributed by atoms with Gasteiger partial charge in [0, 0.05) is 6.54 Å². The molecule has 1 heterocycles. The van der Waals surface area contributed by atoms with E-state index in [0.29, 0.717) is 0 Å². The molecule has 0 saturated carbocycles. The predicted octanol–water partition coefficient (Wildman–Crippen LogP) is 1.50. The molecule has 64 valence electrons. The van der Waals surface area contributed by atoms with Crippen molar-refractivity contribution in [2.45, 2.75) is 17.5 Å². The Morgan fingerprint density at radius 1 is 1.55 bits per heavy atom. The number of alkyl halides is 4. The lowest BCUT2D eigenvalue weighted by Gasteiger charge is -2.18. The molecule has 0 N–H and O–H groups in total. The number of amides is 1. The van der Waals surface area contributed by atoms with Crippen molar-refractivity contribution in [3.8, 4) is 0 Å². The Bertz CT molecular complexity index is 181. The minimum Gasteiger partial charge on any atom is -0.273 e. The van der Waals surface area contributed by atoms with Gasteiger partial charge in [0.15, 0.2) is 0 Å². The van der Waals surface area contributed by atoms with Crippen LogP contribution in [0.15, 0.2) is 0 Å². The van der Waals surface area contributed by atoms with Gasteiger partial charge in [0.2, 0.25) is 5.91 Å². The van der Waals surface area contributed by atoms with Crippen LogP contribution in [0.1, 0.15) is 6.42 Å². The number of hydrogen-bond donors (Lipinski definition) is 0. The maximum atomic E-state index is 11.9. The van der Waals surface area contributed by atoms with Gasteiger partial charge in [0.1, 0.15) is 0 Å². The van der Waals surface area contributed by atoms with Gasteiger partial charge in [-0.3, -0.25) is 9.69 Å². The summed E-state index contributed by atoms with van der Waals surface area (Å²) in [7, 11) is 0. The second kappa shape index (κ2) is 2.66. The van der Waals surface area contributed by atoms with Gasteiger partial charge in [-0.1, -0.05) is 15.9 Å². The maximum Gasteiger partial charge on any atom is 0.487 e. The van der Waals surface area contributed by atoms with Crippen LogP contribution >= 0.6 is 15.9 Å². The molecular formula is C5H5BrF3NO. The molecule has 1 aliphatic rings. The third kappa shape index (κ3) is 1.66. The molecule has 1 atom stereocenters. The molecule has 1 unspecified atom stereocenters. The van der Waals surface area contributed by atoms with Crippen molar-refractivity contribution in [1.29, 1.82) is 0 Å². The lowest BCUT2D eigenvalue weighted by Crippen LogP contribution is -2.40. The highest BCUT2D eigenvalue weighted by atomic mass is 79.9. The number of carbonyl (C=O) groups excluding carboxylic acids is 1. The highest BCUT2D eigenvalue weighted by Gasteiger charge is 2.46. The zero-order valence-corrected chi connectivity index (χ0v) is 6.94. The van der Waals surface area contributed by atoms with Crippen LogP contribution in [0.25, 0.3) is 0 Å². The van der Waals surface area contributed by atoms with Gasteiger partial charge in [-0.25, -0.2) is 0 Å². The van der Waals surface area contributed by atoms with E-state index < -0.39 is 17.0 Å². The van der Waals surface area contributed by atoms with Crippen LogP contribution in [-0.2, 0) is 4.79 Å². The van der Waals surface area contributed by atoms with E-state index in [1.165, 1.54) is 0 Å². The van der Waals surface area contributed by atoms with Gasteiger partial charge in [-0.15, -0.1) is 13.2 Å². The van der Waals surface area contributed by atoms with E-state index in [4.69, 9.17) is 0 Å². The molecule has 0 aromatic heterocycles. The minimum absolute atomic E-state index is 0.0770. The molecule has 0 aromatic rings. The topological polar surface area (TPSA) is 20.3 Å². The largest absolute Gasteiger partial charge is 0.487 e. The molecule has 1 amide bonds. The van der Waals surface area contributed by atoms with E-state index >= 15 is 0 Å². The van der Waals surface area contributed by atoms with Gasteiger partial charge in [-0.05, 0) is 6.42 Å². The van der Waals surface area contributed by atoms with Crippen LogP contribution in [0, 0.1) is 0 Å². The molecule has 1 saturated heterocycles. The summed E-state index contributed by atoms with van der Waals surface area (Å²) in [6.07, 6.45) is -4.29. The monoisotopic (exact) mass is 231 g/mol. The number of carbonyl (C=O) groups is 1. The van der Waals surface area contributed by atoms with Crippen molar-refractivity contribution in [3.63, 3.8) is 0 Å². The highest BCUT2D eigenvalue weighted by Crippen LogP contribution is 2.29. The second-order valence-corrected chi connectivity index (χ2v) is 3.32. The Balaban J connectivity index is 2.70. The first-order chi connectivity index (χ1) is 4.93. The van der Waals surface area contributed by atoms with Crippen molar-refractivity contribution in [2.75, 3.05) is 6.54 Å². The molecule has 0 bridgehead atoms. The molecule has 2 nitrogen and oxygen atoms in total. The van der Waals surface area contributed by atoms with Gasteiger partial charge >= 0.3 is 6.30 Å². The third-order valence-electron chi connectivity index (χ3n) is 1.45. The fourth-order valence-electron chi connectivity index (χ4n) is 0.897. The van der Waals surface area contributed by atoms with Crippen molar-refractivity contribution in [3.05, 3.63) is 0 Å². The number of rotatable bonds is 0. The molecule has 0 spiro atoms. The molecule has 1 fully saturated rings. The number of halogens is 4. The zero-order valence-electron chi connectivity index (χ0n) is 5.36. The lowest BCUT2D eigenvalue weighted by atomic mass is 10.4. The first-order valence-corrected chi connectivity index (χ1v) is 3.87. The summed E-state index contributed by atoms with van der Waals surface area (Å²) in [6, 6.07) is 0. The van der Waals surface area contributed by atoms with Crippen molar-refractivity contribution >= 4 is 21.8 Å². The normalized spacial score (nSPS) is 26.4. The number of nitrogens with zero attached hydrogens (tertiary/aromatic N) is 1. The highest BCUT2D eigenvalue weighted by molar-refractivity contribution is 9.10. The van der Waals surface area contributed by atoms with Crippen molar-refractivity contribution in [1.82, 2.24) is 4.90 Å². The van der Waals surface area contributed by atoms with Gasteiger partial charge in [-0.2, -0.15) is 0 Å². The fraction of sp³-hybridized carbons (Fsp3) is 0.800. The summed E-state index contributed by atoms with van der Waals surface area (Å²) in [5, 5.41) is 0. The molecule has 6 heteroatoms. The van der Waals surface area contributed by atoms with E-state index in [2.05, 4.69) is 15.9 Å². The number of hydrogen-bond acceptors (Lipinski definition) is 1. The first-order valence-electron chi connectivity index (χ1n) is 2.95. The van der Waals surface area contributed by atoms with E-state index in [0.717, 1.165) is 0 Å². The summed E-state index contributed by atoms with van der Waals surface area (Å²) in [5.74, 6) is -0.891. The first kappa shape index (κ1) is 8.83. The summed E-state index contributed by atoms with van der Waals surface area (Å²) in [6.45, 7) is -0.238. The van der Waals surface area contributed by atoms with Gasteiger partial charge in [0.05, 0.1) is 4.83 Å². The quantitative estimate of drug-likeness (QED) is 0.457. The Labute approximate surface area is 69.5 Å². The third-order valence-corrected chi connectivity index (χ3v) is 2.30. The molecule has 1 aliphatic heterocycles. The van der Waals surface area contributed by atoms with Crippen LogP contribution in [0.4, 0.5) is 13.2 Å². The molecule has 1 rings (SSSR count). The molecule has 0 aliphatic carbocycles. The summed E-state index contributed by atoms with van der Waals surface area (Å²) < 4.78 is 35.6. The molecule has 0 radical (unpaired) electrons. The SMILES string of the molecule is O=C1C(Br)CCN1C(F)(F)F. The molecule has 0 aromatic carbocycles. The van der Waals surface area contributed by atoms with Crippen LogP contribution in [-0.4, -0.2) is 28.5 Å². The van der Waals surface area contributed by atoms with Crippen LogP contribution in [0.2, 0.25) is 0 Å². The average molecular weight is 232 g/mol. The van der Waals surface area contributed by atoms with Crippen molar-refractivity contribution < 1.29 is 18.0 Å². The Morgan fingerprint density at radius 3 is 2.27 bits per heavy atom. The average Bonchev–Trinajstić information content (AvgIpc) is 2.11. The Kier molecular flexibility index (Phi) is 2.13. The summed E-state index contributed by atoms with van der Waals surface area (Å²) in [4.78, 5) is 9.97.